The molecule has 0 atom stereocenters. The number of aryl methyl sites for hydroxylation is 1. The highest BCUT2D eigenvalue weighted by atomic mass is 79.9. The van der Waals surface area contributed by atoms with Crippen LogP contribution < -0.4 is 5.32 Å². The Morgan fingerprint density at radius 3 is 2.63 bits per heavy atom. The fraction of sp³-hybridized carbons (Fsp3) is 0.250. The van der Waals surface area contributed by atoms with E-state index in [0.717, 1.165) is 22.1 Å². The van der Waals surface area contributed by atoms with E-state index in [9.17, 15) is 4.79 Å². The highest BCUT2D eigenvalue weighted by molar-refractivity contribution is 9.10. The normalized spacial score (nSPS) is 11.0. The van der Waals surface area contributed by atoms with E-state index in [0.29, 0.717) is 18.3 Å². The summed E-state index contributed by atoms with van der Waals surface area (Å²) in [6, 6.07) is 15.6. The quantitative estimate of drug-likeness (QED) is 0.612. The van der Waals surface area contributed by atoms with Gasteiger partial charge < -0.3 is 9.84 Å². The minimum atomic E-state index is -0.112. The Kier molecular flexibility index (Phi) is 6.36. The number of rotatable bonds is 7. The van der Waals surface area contributed by atoms with Crippen LogP contribution in [-0.2, 0) is 17.8 Å². The summed E-state index contributed by atoms with van der Waals surface area (Å²) in [6.45, 7) is 2.72. The lowest BCUT2D eigenvalue weighted by atomic mass is 10.1. The number of nitrogens with one attached hydrogen (secondary N) is 1. The predicted octanol–water partition coefficient (Wildman–Crippen LogP) is 4.13. The Bertz CT molecular complexity index is 908. The molecule has 0 bridgehead atoms. The van der Waals surface area contributed by atoms with Crippen molar-refractivity contribution in [1.29, 1.82) is 0 Å². The number of aromatic nitrogens is 2. The van der Waals surface area contributed by atoms with Crippen LogP contribution in [0.1, 0.15) is 18.4 Å². The molecule has 0 radical (unpaired) electrons. The van der Waals surface area contributed by atoms with Crippen LogP contribution in [0.15, 0.2) is 57.5 Å². The number of anilines is 1. The summed E-state index contributed by atoms with van der Waals surface area (Å²) in [5, 5.41) is 6.91. The summed E-state index contributed by atoms with van der Waals surface area (Å²) >= 11 is 3.42. The first-order valence-corrected chi connectivity index (χ1v) is 9.49. The topological polar surface area (TPSA) is 71.3 Å². The van der Waals surface area contributed by atoms with Gasteiger partial charge >= 0.3 is 0 Å². The average molecular weight is 429 g/mol. The van der Waals surface area contributed by atoms with Gasteiger partial charge in [-0.2, -0.15) is 4.98 Å². The maximum atomic E-state index is 12.2. The third-order valence-electron chi connectivity index (χ3n) is 4.06. The lowest BCUT2D eigenvalue weighted by Gasteiger charge is -2.14. The van der Waals surface area contributed by atoms with Gasteiger partial charge in [-0.3, -0.25) is 9.69 Å². The first-order valence-electron chi connectivity index (χ1n) is 8.70. The van der Waals surface area contributed by atoms with E-state index in [1.807, 2.05) is 48.3 Å². The van der Waals surface area contributed by atoms with Crippen molar-refractivity contribution >= 4 is 27.5 Å². The highest BCUT2D eigenvalue weighted by Gasteiger charge is 2.14. The molecule has 140 valence electrons. The van der Waals surface area contributed by atoms with E-state index in [1.54, 1.807) is 0 Å². The van der Waals surface area contributed by atoms with Gasteiger partial charge in [0, 0.05) is 10.0 Å². The van der Waals surface area contributed by atoms with E-state index < -0.39 is 0 Å². The Morgan fingerprint density at radius 2 is 1.93 bits per heavy atom. The van der Waals surface area contributed by atoms with Crippen molar-refractivity contribution in [1.82, 2.24) is 15.0 Å². The largest absolute Gasteiger partial charge is 0.338 e. The van der Waals surface area contributed by atoms with Gasteiger partial charge in [-0.25, -0.2) is 0 Å². The molecule has 1 heterocycles. The molecule has 0 unspecified atom stereocenters. The van der Waals surface area contributed by atoms with E-state index in [1.165, 1.54) is 5.56 Å². The van der Waals surface area contributed by atoms with Crippen molar-refractivity contribution in [2.75, 3.05) is 18.9 Å². The summed E-state index contributed by atoms with van der Waals surface area (Å²) in [5.74, 6) is 0.916. The monoisotopic (exact) mass is 428 g/mol. The number of nitrogens with zero attached hydrogens (tertiary/aromatic N) is 3. The molecule has 0 fully saturated rings. The number of halogens is 1. The van der Waals surface area contributed by atoms with Crippen LogP contribution in [0.3, 0.4) is 0 Å². The summed E-state index contributed by atoms with van der Waals surface area (Å²) in [4.78, 5) is 18.5. The van der Waals surface area contributed by atoms with Gasteiger partial charge in [-0.1, -0.05) is 48.5 Å². The van der Waals surface area contributed by atoms with Crippen molar-refractivity contribution in [2.24, 2.45) is 0 Å². The summed E-state index contributed by atoms with van der Waals surface area (Å²) in [7, 11) is 1.83. The molecule has 1 amide bonds. The lowest BCUT2D eigenvalue weighted by molar-refractivity contribution is -0.117. The van der Waals surface area contributed by atoms with Crippen molar-refractivity contribution in [2.45, 2.75) is 19.9 Å². The summed E-state index contributed by atoms with van der Waals surface area (Å²) in [5.41, 5.74) is 2.92. The summed E-state index contributed by atoms with van der Waals surface area (Å²) in [6.07, 6.45) is 0.990. The van der Waals surface area contributed by atoms with Crippen LogP contribution in [0.2, 0.25) is 0 Å². The van der Waals surface area contributed by atoms with Gasteiger partial charge in [0.1, 0.15) is 0 Å². The molecule has 0 aliphatic carbocycles. The number of hydrogen-bond donors (Lipinski definition) is 1. The number of benzene rings is 2. The standard InChI is InChI=1S/C20H21BrN4O2/c1-3-14-8-10-15(11-9-14)20-23-19(27-24-20)13-25(2)12-18(26)22-17-7-5-4-6-16(17)21/h4-11H,3,12-13H2,1-2H3,(H,22,26). The van der Waals surface area contributed by atoms with E-state index in [4.69, 9.17) is 4.52 Å². The number of likely N-dealkylation sites (N-methyl/N-ethyl adjacent to an activating group) is 1. The fourth-order valence-electron chi connectivity index (χ4n) is 2.61. The Labute approximate surface area is 166 Å². The third-order valence-corrected chi connectivity index (χ3v) is 4.75. The number of carbonyl (C=O) groups excluding carboxylic acids is 1. The van der Waals surface area contributed by atoms with Gasteiger partial charge in [0.25, 0.3) is 0 Å². The van der Waals surface area contributed by atoms with Gasteiger partial charge in [0.05, 0.1) is 18.8 Å². The van der Waals surface area contributed by atoms with Crippen LogP contribution in [0.4, 0.5) is 5.69 Å². The maximum Gasteiger partial charge on any atom is 0.241 e. The van der Waals surface area contributed by atoms with Crippen LogP contribution in [0, 0.1) is 0 Å². The third kappa shape index (κ3) is 5.24. The smallest absolute Gasteiger partial charge is 0.241 e. The molecule has 6 nitrogen and oxygen atoms in total. The second kappa shape index (κ2) is 8.92. The fourth-order valence-corrected chi connectivity index (χ4v) is 2.99. The molecular weight excluding hydrogens is 408 g/mol. The number of amides is 1. The molecule has 2 aromatic carbocycles. The zero-order valence-electron chi connectivity index (χ0n) is 15.3. The molecule has 0 saturated heterocycles. The van der Waals surface area contributed by atoms with Crippen LogP contribution >= 0.6 is 15.9 Å². The molecule has 3 aromatic rings. The van der Waals surface area contributed by atoms with Gasteiger partial charge in [0.15, 0.2) is 0 Å². The van der Waals surface area contributed by atoms with Gasteiger partial charge in [-0.05, 0) is 47.1 Å². The first kappa shape index (κ1) is 19.3. The lowest BCUT2D eigenvalue weighted by Crippen LogP contribution is -2.30. The molecule has 27 heavy (non-hydrogen) atoms. The van der Waals surface area contributed by atoms with Crippen molar-refractivity contribution in [3.05, 3.63) is 64.5 Å². The minimum Gasteiger partial charge on any atom is -0.338 e. The van der Waals surface area contributed by atoms with Crippen molar-refractivity contribution in [3.63, 3.8) is 0 Å². The molecule has 1 aromatic heterocycles. The highest BCUT2D eigenvalue weighted by Crippen LogP contribution is 2.21. The van der Waals surface area contributed by atoms with E-state index in [-0.39, 0.29) is 12.5 Å². The molecule has 7 heteroatoms. The molecular formula is C20H21BrN4O2. The van der Waals surface area contributed by atoms with Crippen LogP contribution in [0.5, 0.6) is 0 Å². The number of hydrogen-bond acceptors (Lipinski definition) is 5. The zero-order chi connectivity index (χ0) is 19.2. The minimum absolute atomic E-state index is 0.112. The second-order valence-electron chi connectivity index (χ2n) is 6.26. The maximum absolute atomic E-state index is 12.2. The molecule has 0 aliphatic rings. The number of carbonyl (C=O) groups is 1. The Morgan fingerprint density at radius 1 is 1.19 bits per heavy atom. The molecule has 0 saturated carbocycles. The van der Waals surface area contributed by atoms with Crippen molar-refractivity contribution in [3.8, 4) is 11.4 Å². The molecule has 1 N–H and O–H groups in total. The second-order valence-corrected chi connectivity index (χ2v) is 7.12. The molecule has 3 rings (SSSR count). The SMILES string of the molecule is CCc1ccc(-c2noc(CN(C)CC(=O)Nc3ccccc3Br)n2)cc1. The number of para-hydroxylation sites is 1. The average Bonchev–Trinajstić information content (AvgIpc) is 3.12. The zero-order valence-corrected chi connectivity index (χ0v) is 16.9. The van der Waals surface area contributed by atoms with E-state index >= 15 is 0 Å². The van der Waals surface area contributed by atoms with Gasteiger partial charge in [0.2, 0.25) is 17.6 Å². The Balaban J connectivity index is 1.56. The first-order chi connectivity index (χ1) is 13.0. The molecule has 0 spiro atoms. The van der Waals surface area contributed by atoms with Crippen LogP contribution in [-0.4, -0.2) is 34.5 Å². The van der Waals surface area contributed by atoms with Gasteiger partial charge in [-0.15, -0.1) is 0 Å². The Hall–Kier alpha value is -2.51. The van der Waals surface area contributed by atoms with Crippen LogP contribution in [0.25, 0.3) is 11.4 Å². The summed E-state index contributed by atoms with van der Waals surface area (Å²) < 4.78 is 6.17. The molecule has 0 aliphatic heterocycles. The predicted molar refractivity (Wildman–Crippen MR) is 108 cm³/mol. The van der Waals surface area contributed by atoms with E-state index in [2.05, 4.69) is 50.4 Å². The van der Waals surface area contributed by atoms with Crippen molar-refractivity contribution < 1.29 is 9.32 Å².